The molecule has 0 amide bonds. The number of benzene rings is 1. The highest BCUT2D eigenvalue weighted by atomic mass is 16.5. The van der Waals surface area contributed by atoms with Gasteiger partial charge in [0.2, 0.25) is 0 Å². The lowest BCUT2D eigenvalue weighted by Crippen LogP contribution is -2.14. The molecule has 0 aromatic heterocycles. The van der Waals surface area contributed by atoms with Crippen LogP contribution in [0.5, 0.6) is 5.75 Å². The lowest BCUT2D eigenvalue weighted by atomic mass is 9.76. The van der Waals surface area contributed by atoms with Gasteiger partial charge in [0.1, 0.15) is 5.75 Å². The number of aryl methyl sites for hydroxylation is 1. The average molecular weight is 274 g/mol. The first-order chi connectivity index (χ1) is 9.47. The molecule has 1 aromatic carbocycles. The van der Waals surface area contributed by atoms with Gasteiger partial charge in [-0.2, -0.15) is 0 Å². The molecule has 3 nitrogen and oxygen atoms in total. The number of carboxylic acid groups (broad SMARTS) is 1. The second-order valence-corrected chi connectivity index (χ2v) is 5.71. The third kappa shape index (κ3) is 3.41. The Kier molecular flexibility index (Phi) is 4.48. The zero-order chi connectivity index (χ0) is 14.7. The van der Waals surface area contributed by atoms with Crippen molar-refractivity contribution < 1.29 is 14.6 Å². The van der Waals surface area contributed by atoms with E-state index >= 15 is 0 Å². The molecule has 1 saturated carbocycles. The maximum atomic E-state index is 11.0. The van der Waals surface area contributed by atoms with Crippen LogP contribution in [0.4, 0.5) is 0 Å². The second-order valence-electron chi connectivity index (χ2n) is 5.71. The summed E-state index contributed by atoms with van der Waals surface area (Å²) in [6, 6.07) is 5.95. The van der Waals surface area contributed by atoms with Crippen LogP contribution >= 0.6 is 0 Å². The molecule has 0 spiro atoms. The molecule has 2 rings (SSSR count). The van der Waals surface area contributed by atoms with Crippen LogP contribution in [0.2, 0.25) is 0 Å². The summed E-state index contributed by atoms with van der Waals surface area (Å²) < 4.78 is 5.73. The second kappa shape index (κ2) is 6.12. The summed E-state index contributed by atoms with van der Waals surface area (Å²) in [5, 5.41) is 9.06. The molecule has 0 unspecified atom stereocenters. The van der Waals surface area contributed by atoms with Crippen LogP contribution < -0.4 is 4.74 Å². The molecule has 1 fully saturated rings. The van der Waals surface area contributed by atoms with Crippen molar-refractivity contribution in [1.82, 2.24) is 0 Å². The zero-order valence-corrected chi connectivity index (χ0v) is 12.3. The van der Waals surface area contributed by atoms with Crippen LogP contribution in [0.25, 0.3) is 5.57 Å². The molecule has 20 heavy (non-hydrogen) atoms. The molecule has 1 aliphatic carbocycles. The Balaban J connectivity index is 2.30. The minimum absolute atomic E-state index is 0.139. The predicted octanol–water partition coefficient (Wildman–Crippen LogP) is 4.05. The Bertz CT molecular complexity index is 525. The highest BCUT2D eigenvalue weighted by Gasteiger charge is 2.24. The molecular weight excluding hydrogens is 252 g/mol. The van der Waals surface area contributed by atoms with E-state index < -0.39 is 5.97 Å². The topological polar surface area (TPSA) is 46.5 Å². The fourth-order valence-electron chi connectivity index (χ4n) is 2.50. The maximum Gasteiger partial charge on any atom is 0.328 e. The molecule has 108 valence electrons. The van der Waals surface area contributed by atoms with Crippen molar-refractivity contribution in [2.45, 2.75) is 46.1 Å². The number of rotatable bonds is 5. The van der Waals surface area contributed by atoms with Gasteiger partial charge in [-0.3, -0.25) is 0 Å². The predicted molar refractivity (Wildman–Crippen MR) is 79.9 cm³/mol. The molecule has 1 aliphatic rings. The number of carbonyl (C=O) groups is 1. The number of ether oxygens (including phenoxy) is 1. The van der Waals surface area contributed by atoms with Crippen LogP contribution in [0.15, 0.2) is 24.3 Å². The largest absolute Gasteiger partial charge is 0.491 e. The van der Waals surface area contributed by atoms with E-state index in [1.165, 1.54) is 12.5 Å². The van der Waals surface area contributed by atoms with Crippen molar-refractivity contribution in [3.8, 4) is 5.75 Å². The van der Waals surface area contributed by atoms with E-state index in [1.54, 1.807) is 0 Å². The summed E-state index contributed by atoms with van der Waals surface area (Å²) in [6.07, 6.45) is 4.86. The van der Waals surface area contributed by atoms with Crippen LogP contribution in [-0.4, -0.2) is 17.2 Å². The van der Waals surface area contributed by atoms with Gasteiger partial charge in [-0.05, 0) is 68.4 Å². The fourth-order valence-corrected chi connectivity index (χ4v) is 2.50. The standard InChI is InChI=1S/C17H22O3/c1-11(2)20-16-8-7-14(9-12(16)3)15(10-17(18)19)13-5-4-6-13/h7-11,13H,4-6H2,1-3H3,(H,18,19)/b15-10+. The van der Waals surface area contributed by atoms with Crippen LogP contribution in [-0.2, 0) is 4.79 Å². The Hall–Kier alpha value is -1.77. The highest BCUT2D eigenvalue weighted by molar-refractivity contribution is 5.90. The van der Waals surface area contributed by atoms with Gasteiger partial charge >= 0.3 is 5.97 Å². The normalized spacial score (nSPS) is 16.1. The average Bonchev–Trinajstić information content (AvgIpc) is 2.27. The molecule has 0 saturated heterocycles. The van der Waals surface area contributed by atoms with E-state index in [-0.39, 0.29) is 6.10 Å². The Labute approximate surface area is 120 Å². The molecule has 1 N–H and O–H groups in total. The molecule has 1 aromatic rings. The molecular formula is C17H22O3. The van der Waals surface area contributed by atoms with Gasteiger partial charge in [-0.1, -0.05) is 12.5 Å². The van der Waals surface area contributed by atoms with E-state index in [2.05, 4.69) is 0 Å². The molecule has 3 heteroatoms. The van der Waals surface area contributed by atoms with Crippen molar-refractivity contribution in [3.05, 3.63) is 35.4 Å². The smallest absolute Gasteiger partial charge is 0.328 e. The van der Waals surface area contributed by atoms with Crippen molar-refractivity contribution in [3.63, 3.8) is 0 Å². The number of allylic oxidation sites excluding steroid dienone is 1. The fraction of sp³-hybridized carbons (Fsp3) is 0.471. The summed E-state index contributed by atoms with van der Waals surface area (Å²) in [5.41, 5.74) is 3.00. The highest BCUT2D eigenvalue weighted by Crippen LogP contribution is 2.39. The van der Waals surface area contributed by atoms with Gasteiger partial charge in [-0.15, -0.1) is 0 Å². The van der Waals surface area contributed by atoms with Gasteiger partial charge in [-0.25, -0.2) is 4.79 Å². The molecule has 0 heterocycles. The van der Waals surface area contributed by atoms with Gasteiger partial charge in [0.05, 0.1) is 6.10 Å². The van der Waals surface area contributed by atoms with E-state index in [1.807, 2.05) is 39.0 Å². The van der Waals surface area contributed by atoms with Crippen molar-refractivity contribution in [2.75, 3.05) is 0 Å². The number of hydrogen-bond donors (Lipinski definition) is 1. The number of carboxylic acids is 1. The zero-order valence-electron chi connectivity index (χ0n) is 12.3. The molecule has 0 aliphatic heterocycles. The van der Waals surface area contributed by atoms with E-state index in [0.717, 1.165) is 35.3 Å². The summed E-state index contributed by atoms with van der Waals surface area (Å²) in [6.45, 7) is 6.00. The Morgan fingerprint density at radius 3 is 2.55 bits per heavy atom. The monoisotopic (exact) mass is 274 g/mol. The van der Waals surface area contributed by atoms with Crippen molar-refractivity contribution >= 4 is 11.5 Å². The number of aliphatic carboxylic acids is 1. The van der Waals surface area contributed by atoms with Crippen molar-refractivity contribution in [2.24, 2.45) is 5.92 Å². The summed E-state index contributed by atoms with van der Waals surface area (Å²) in [5.74, 6) is 0.390. The first-order valence-corrected chi connectivity index (χ1v) is 7.19. The number of hydrogen-bond acceptors (Lipinski definition) is 2. The Morgan fingerprint density at radius 2 is 2.10 bits per heavy atom. The summed E-state index contributed by atoms with van der Waals surface area (Å²) >= 11 is 0. The van der Waals surface area contributed by atoms with Gasteiger partial charge < -0.3 is 9.84 Å². The van der Waals surface area contributed by atoms with Crippen LogP contribution in [0.3, 0.4) is 0 Å². The summed E-state index contributed by atoms with van der Waals surface area (Å²) in [4.78, 5) is 11.0. The minimum Gasteiger partial charge on any atom is -0.491 e. The first-order valence-electron chi connectivity index (χ1n) is 7.19. The quantitative estimate of drug-likeness (QED) is 0.824. The molecule has 0 bridgehead atoms. The van der Waals surface area contributed by atoms with E-state index in [4.69, 9.17) is 9.84 Å². The maximum absolute atomic E-state index is 11.0. The Morgan fingerprint density at radius 1 is 1.40 bits per heavy atom. The molecule has 0 atom stereocenters. The minimum atomic E-state index is -0.868. The van der Waals surface area contributed by atoms with Gasteiger partial charge in [0, 0.05) is 6.08 Å². The summed E-state index contributed by atoms with van der Waals surface area (Å²) in [7, 11) is 0. The molecule has 0 radical (unpaired) electrons. The third-order valence-corrected chi connectivity index (χ3v) is 3.69. The van der Waals surface area contributed by atoms with Gasteiger partial charge in [0.15, 0.2) is 0 Å². The van der Waals surface area contributed by atoms with Gasteiger partial charge in [0.25, 0.3) is 0 Å². The van der Waals surface area contributed by atoms with E-state index in [9.17, 15) is 4.79 Å². The lowest BCUT2D eigenvalue weighted by Gasteiger charge is -2.28. The third-order valence-electron chi connectivity index (χ3n) is 3.69. The van der Waals surface area contributed by atoms with Crippen LogP contribution in [0.1, 0.15) is 44.2 Å². The SMILES string of the molecule is Cc1cc(/C(=C/C(=O)O)C2CCC2)ccc1OC(C)C. The van der Waals surface area contributed by atoms with Crippen LogP contribution in [0, 0.1) is 12.8 Å². The van der Waals surface area contributed by atoms with Crippen molar-refractivity contribution in [1.29, 1.82) is 0 Å². The first kappa shape index (κ1) is 14.6. The van der Waals surface area contributed by atoms with E-state index in [0.29, 0.717) is 5.92 Å². The lowest BCUT2D eigenvalue weighted by molar-refractivity contribution is -0.131.